The first kappa shape index (κ1) is 19.8. The number of carbonyl (C=O) groups excluding carboxylic acids is 1. The molecule has 3 nitrogen and oxygen atoms in total. The summed E-state index contributed by atoms with van der Waals surface area (Å²) >= 11 is 0. The molecule has 1 aliphatic rings. The van der Waals surface area contributed by atoms with E-state index in [2.05, 4.69) is 5.32 Å². The number of aryl methyl sites for hydroxylation is 1. The van der Waals surface area contributed by atoms with Gasteiger partial charge in [-0.15, -0.1) is 12.4 Å². The van der Waals surface area contributed by atoms with Crippen LogP contribution in [0.3, 0.4) is 0 Å². The highest BCUT2D eigenvalue weighted by atomic mass is 35.5. The molecule has 1 atom stereocenters. The Hall–Kier alpha value is -1.27. The second-order valence-corrected chi connectivity index (χ2v) is 5.80. The number of halogens is 4. The maximum atomic E-state index is 12.7. The number of hydrogen-bond donors (Lipinski definition) is 1. The first-order valence-corrected chi connectivity index (χ1v) is 7.47. The molecule has 2 rings (SSSR count). The summed E-state index contributed by atoms with van der Waals surface area (Å²) < 4.78 is 38.2. The molecule has 0 aromatic heterocycles. The Bertz CT molecular complexity index is 499. The second kappa shape index (κ2) is 8.55. The second-order valence-electron chi connectivity index (χ2n) is 5.80. The Kier molecular flexibility index (Phi) is 7.35. The molecular weight excluding hydrogens is 329 g/mol. The van der Waals surface area contributed by atoms with Crippen molar-refractivity contribution in [1.82, 2.24) is 10.2 Å². The van der Waals surface area contributed by atoms with Crippen LogP contribution < -0.4 is 5.32 Å². The van der Waals surface area contributed by atoms with E-state index in [-0.39, 0.29) is 24.9 Å². The zero-order valence-corrected chi connectivity index (χ0v) is 13.8. The van der Waals surface area contributed by atoms with Crippen LogP contribution in [0, 0.1) is 12.8 Å². The Balaban J connectivity index is 0.00000264. The molecule has 1 amide bonds. The van der Waals surface area contributed by atoms with E-state index in [4.69, 9.17) is 0 Å². The van der Waals surface area contributed by atoms with Crippen LogP contribution in [0.25, 0.3) is 0 Å². The van der Waals surface area contributed by atoms with E-state index in [0.717, 1.165) is 16.0 Å². The van der Waals surface area contributed by atoms with Crippen LogP contribution in [0.2, 0.25) is 0 Å². The molecule has 0 bridgehead atoms. The number of benzene rings is 1. The molecule has 23 heavy (non-hydrogen) atoms. The fourth-order valence-electron chi connectivity index (χ4n) is 2.63. The van der Waals surface area contributed by atoms with Crippen molar-refractivity contribution in [2.24, 2.45) is 5.92 Å². The minimum absolute atomic E-state index is 0. The summed E-state index contributed by atoms with van der Waals surface area (Å²) in [5.41, 5.74) is 2.04. The summed E-state index contributed by atoms with van der Waals surface area (Å²) in [6, 6.07) is 7.63. The molecule has 1 fully saturated rings. The fraction of sp³-hybridized carbons (Fsp3) is 0.562. The molecule has 1 aliphatic heterocycles. The average Bonchev–Trinajstić information content (AvgIpc) is 2.97. The van der Waals surface area contributed by atoms with Crippen LogP contribution >= 0.6 is 12.4 Å². The first-order valence-electron chi connectivity index (χ1n) is 7.47. The summed E-state index contributed by atoms with van der Waals surface area (Å²) in [6.07, 6.45) is -3.32. The van der Waals surface area contributed by atoms with Crippen molar-refractivity contribution in [1.29, 1.82) is 0 Å². The summed E-state index contributed by atoms with van der Waals surface area (Å²) in [5.74, 6) is -0.727. The number of nitrogens with one attached hydrogen (secondary N) is 1. The summed E-state index contributed by atoms with van der Waals surface area (Å²) in [6.45, 7) is 2.04. The van der Waals surface area contributed by atoms with Gasteiger partial charge < -0.3 is 10.2 Å². The van der Waals surface area contributed by atoms with Gasteiger partial charge in [0.25, 0.3) is 0 Å². The predicted octanol–water partition coefficient (Wildman–Crippen LogP) is 2.96. The van der Waals surface area contributed by atoms with Crippen LogP contribution in [0.5, 0.6) is 0 Å². The molecule has 1 heterocycles. The molecule has 1 N–H and O–H groups in total. The van der Waals surface area contributed by atoms with Crippen LogP contribution in [0.1, 0.15) is 17.5 Å². The molecule has 1 aromatic carbocycles. The maximum Gasteiger partial charge on any atom is 0.406 e. The lowest BCUT2D eigenvalue weighted by Gasteiger charge is -2.26. The Morgan fingerprint density at radius 3 is 2.48 bits per heavy atom. The number of alkyl halides is 3. The number of carbonyl (C=O) groups is 1. The predicted molar refractivity (Wildman–Crippen MR) is 85.7 cm³/mol. The van der Waals surface area contributed by atoms with Crippen molar-refractivity contribution < 1.29 is 18.0 Å². The quantitative estimate of drug-likeness (QED) is 0.885. The van der Waals surface area contributed by atoms with Gasteiger partial charge in [-0.3, -0.25) is 4.79 Å². The van der Waals surface area contributed by atoms with Crippen molar-refractivity contribution >= 4 is 18.3 Å². The fourth-order valence-corrected chi connectivity index (χ4v) is 2.63. The standard InChI is InChI=1S/C16H21F3N2O.ClH/c1-12-2-4-13(5-3-12)7-9-21(11-16(17,18)19)15(22)14-6-8-20-10-14;/h2-5,14,20H,6-11H2,1H3;1H. The summed E-state index contributed by atoms with van der Waals surface area (Å²) in [5, 5.41) is 3.02. The highest BCUT2D eigenvalue weighted by Crippen LogP contribution is 2.20. The molecule has 0 aliphatic carbocycles. The SMILES string of the molecule is Cc1ccc(CCN(CC(F)(F)F)C(=O)C2CCNC2)cc1.Cl. The number of nitrogens with zero attached hydrogens (tertiary/aromatic N) is 1. The first-order chi connectivity index (χ1) is 10.3. The van der Waals surface area contributed by atoms with Gasteiger partial charge in [-0.1, -0.05) is 29.8 Å². The molecule has 1 unspecified atom stereocenters. The summed E-state index contributed by atoms with van der Waals surface area (Å²) in [7, 11) is 0. The highest BCUT2D eigenvalue weighted by molar-refractivity contribution is 5.85. The molecule has 0 saturated carbocycles. The normalized spacial score (nSPS) is 17.7. The van der Waals surface area contributed by atoms with Crippen molar-refractivity contribution in [2.45, 2.75) is 25.9 Å². The maximum absolute atomic E-state index is 12.7. The molecule has 1 aromatic rings. The lowest BCUT2D eigenvalue weighted by Crippen LogP contribution is -2.43. The number of amides is 1. The van der Waals surface area contributed by atoms with Gasteiger partial charge in [-0.05, 0) is 31.9 Å². The highest BCUT2D eigenvalue weighted by Gasteiger charge is 2.35. The zero-order valence-electron chi connectivity index (χ0n) is 13.0. The molecule has 0 spiro atoms. The summed E-state index contributed by atoms with van der Waals surface area (Å²) in [4.78, 5) is 13.2. The van der Waals surface area contributed by atoms with E-state index in [9.17, 15) is 18.0 Å². The van der Waals surface area contributed by atoms with Crippen molar-refractivity contribution in [2.75, 3.05) is 26.2 Å². The van der Waals surface area contributed by atoms with Gasteiger partial charge in [0.15, 0.2) is 0 Å². The molecule has 1 saturated heterocycles. The van der Waals surface area contributed by atoms with E-state index < -0.39 is 18.6 Å². The molecule has 7 heteroatoms. The molecule has 130 valence electrons. The van der Waals surface area contributed by atoms with Gasteiger partial charge >= 0.3 is 6.18 Å². The smallest absolute Gasteiger partial charge is 0.333 e. The minimum Gasteiger partial charge on any atom is -0.333 e. The van der Waals surface area contributed by atoms with Crippen LogP contribution in [0.4, 0.5) is 13.2 Å². The third-order valence-electron chi connectivity index (χ3n) is 3.88. The van der Waals surface area contributed by atoms with E-state index in [0.29, 0.717) is 25.9 Å². The third-order valence-corrected chi connectivity index (χ3v) is 3.88. The van der Waals surface area contributed by atoms with E-state index in [1.54, 1.807) is 0 Å². The monoisotopic (exact) mass is 350 g/mol. The van der Waals surface area contributed by atoms with Gasteiger partial charge in [-0.2, -0.15) is 13.2 Å². The topological polar surface area (TPSA) is 32.3 Å². The zero-order chi connectivity index (χ0) is 16.2. The van der Waals surface area contributed by atoms with E-state index in [1.165, 1.54) is 0 Å². The average molecular weight is 351 g/mol. The van der Waals surface area contributed by atoms with E-state index in [1.807, 2.05) is 31.2 Å². The number of hydrogen-bond acceptors (Lipinski definition) is 2. The Morgan fingerprint density at radius 1 is 1.30 bits per heavy atom. The van der Waals surface area contributed by atoms with Crippen LogP contribution in [-0.2, 0) is 11.2 Å². The largest absolute Gasteiger partial charge is 0.406 e. The van der Waals surface area contributed by atoms with Gasteiger partial charge in [0.1, 0.15) is 6.54 Å². The van der Waals surface area contributed by atoms with Crippen LogP contribution in [-0.4, -0.2) is 43.2 Å². The van der Waals surface area contributed by atoms with Gasteiger partial charge in [-0.25, -0.2) is 0 Å². The van der Waals surface area contributed by atoms with Gasteiger partial charge in [0, 0.05) is 13.1 Å². The third kappa shape index (κ3) is 6.39. The van der Waals surface area contributed by atoms with E-state index >= 15 is 0 Å². The molecule has 0 radical (unpaired) electrons. The van der Waals surface area contributed by atoms with Gasteiger partial charge in [0.2, 0.25) is 5.91 Å². The van der Waals surface area contributed by atoms with Crippen molar-refractivity contribution in [3.63, 3.8) is 0 Å². The Morgan fingerprint density at radius 2 is 1.96 bits per heavy atom. The van der Waals surface area contributed by atoms with Crippen LogP contribution in [0.15, 0.2) is 24.3 Å². The minimum atomic E-state index is -4.37. The lowest BCUT2D eigenvalue weighted by atomic mass is 10.1. The lowest BCUT2D eigenvalue weighted by molar-refractivity contribution is -0.163. The Labute approximate surface area is 140 Å². The van der Waals surface area contributed by atoms with Crippen molar-refractivity contribution in [3.05, 3.63) is 35.4 Å². The van der Waals surface area contributed by atoms with Gasteiger partial charge in [0.05, 0.1) is 5.92 Å². The van der Waals surface area contributed by atoms with Crippen molar-refractivity contribution in [3.8, 4) is 0 Å². The molecular formula is C16H22ClF3N2O. The number of rotatable bonds is 5.